The number of ketones is 1. The molecule has 0 aromatic heterocycles. The van der Waals surface area contributed by atoms with E-state index < -0.39 is 29.7 Å². The summed E-state index contributed by atoms with van der Waals surface area (Å²) >= 11 is 0. The standard InChI is InChI=1S/C38H59N5O5/c1-6-11-20-29(23-33(44)36(46)39-21-9-4)40-35(45)31-25-43(24-28-22-30(28)31)37(47)34(27-18-14-12-13-15-19-27)42-38(48)41-32(10-5)26(16-7-2)17-8-3/h1,4,26-32,34H,7-8,10-25H2,2-3,5H3,(H,39,46)(H,40,45)(H2,41,42,48)/t28-,29?,30-,31?,32?,34?/m0/s1. The number of piperidine rings is 1. The lowest BCUT2D eigenvalue weighted by Crippen LogP contribution is -2.58. The Hall–Kier alpha value is -3.53. The number of urea groups is 1. The van der Waals surface area contributed by atoms with Crippen LogP contribution in [0.2, 0.25) is 0 Å². The van der Waals surface area contributed by atoms with Crippen molar-refractivity contribution in [2.45, 2.75) is 135 Å². The average molecular weight is 666 g/mol. The second-order valence-corrected chi connectivity index (χ2v) is 14.2. The van der Waals surface area contributed by atoms with Crippen LogP contribution >= 0.6 is 0 Å². The Bertz CT molecular complexity index is 1180. The number of Topliss-reactive ketones (excluding diaryl/α,β-unsaturated/α-hetero) is 1. The first-order valence-corrected chi connectivity index (χ1v) is 18.5. The summed E-state index contributed by atoms with van der Waals surface area (Å²) in [6.45, 7) is 7.21. The van der Waals surface area contributed by atoms with Gasteiger partial charge in [-0.15, -0.1) is 18.8 Å². The van der Waals surface area contributed by atoms with Crippen LogP contribution in [-0.4, -0.2) is 72.2 Å². The second-order valence-electron chi connectivity index (χ2n) is 14.2. The molecule has 48 heavy (non-hydrogen) atoms. The van der Waals surface area contributed by atoms with Gasteiger partial charge in [0.25, 0.3) is 5.91 Å². The van der Waals surface area contributed by atoms with Crippen LogP contribution < -0.4 is 21.3 Å². The van der Waals surface area contributed by atoms with Gasteiger partial charge in [0.2, 0.25) is 17.6 Å². The summed E-state index contributed by atoms with van der Waals surface area (Å²) in [4.78, 5) is 68.1. The molecule has 0 spiro atoms. The molecule has 4 N–H and O–H groups in total. The minimum Gasteiger partial charge on any atom is -0.353 e. The summed E-state index contributed by atoms with van der Waals surface area (Å²) in [5.74, 6) is 3.36. The first kappa shape index (κ1) is 38.9. The molecule has 0 aromatic carbocycles. The van der Waals surface area contributed by atoms with Gasteiger partial charge in [0, 0.05) is 38.0 Å². The van der Waals surface area contributed by atoms with E-state index in [1.165, 1.54) is 0 Å². The predicted molar refractivity (Wildman–Crippen MR) is 187 cm³/mol. The SMILES string of the molecule is C#CCCC(CC(=O)C(=O)NCC#C)NC(=O)C1CN(C(=O)C(NC(=O)NC(CC)C(CCC)CCC)C2CCCCCC2)C[C@@H]2C[C@H]12. The zero-order valence-electron chi connectivity index (χ0n) is 29.5. The van der Waals surface area contributed by atoms with E-state index in [-0.39, 0.29) is 61.2 Å². The molecule has 4 unspecified atom stereocenters. The average Bonchev–Trinajstić information content (AvgIpc) is 3.90. The van der Waals surface area contributed by atoms with Crippen LogP contribution in [0, 0.1) is 54.3 Å². The largest absolute Gasteiger partial charge is 0.353 e. The fourth-order valence-corrected chi connectivity index (χ4v) is 7.91. The molecule has 0 bridgehead atoms. The maximum absolute atomic E-state index is 14.4. The number of nitrogens with zero attached hydrogens (tertiary/aromatic N) is 1. The van der Waals surface area contributed by atoms with Crippen LogP contribution in [0.1, 0.15) is 117 Å². The van der Waals surface area contributed by atoms with Crippen LogP contribution in [0.4, 0.5) is 4.79 Å². The molecule has 3 aliphatic rings. The van der Waals surface area contributed by atoms with E-state index in [1.807, 2.05) is 0 Å². The number of amides is 5. The Balaban J connectivity index is 1.73. The van der Waals surface area contributed by atoms with Crippen molar-refractivity contribution in [1.29, 1.82) is 0 Å². The Morgan fingerprint density at radius 1 is 0.854 bits per heavy atom. The summed E-state index contributed by atoms with van der Waals surface area (Å²) in [7, 11) is 0. The van der Waals surface area contributed by atoms with Crippen molar-refractivity contribution in [3.05, 3.63) is 0 Å². The Labute approximate surface area is 288 Å². The summed E-state index contributed by atoms with van der Waals surface area (Å²) in [5.41, 5.74) is 0. The van der Waals surface area contributed by atoms with Crippen molar-refractivity contribution >= 4 is 29.5 Å². The van der Waals surface area contributed by atoms with Gasteiger partial charge in [-0.1, -0.05) is 65.2 Å². The van der Waals surface area contributed by atoms with Crippen LogP contribution in [0.5, 0.6) is 0 Å². The van der Waals surface area contributed by atoms with Gasteiger partial charge in [0.1, 0.15) is 6.04 Å². The van der Waals surface area contributed by atoms with Crippen molar-refractivity contribution in [1.82, 2.24) is 26.2 Å². The number of carbonyl (C=O) groups is 5. The monoisotopic (exact) mass is 665 g/mol. The third-order valence-electron chi connectivity index (χ3n) is 10.6. The lowest BCUT2D eigenvalue weighted by molar-refractivity contribution is -0.140. The topological polar surface area (TPSA) is 137 Å². The third kappa shape index (κ3) is 11.6. The molecule has 10 heteroatoms. The maximum atomic E-state index is 14.4. The molecular weight excluding hydrogens is 606 g/mol. The predicted octanol–water partition coefficient (Wildman–Crippen LogP) is 4.32. The van der Waals surface area contributed by atoms with Crippen molar-refractivity contribution < 1.29 is 24.0 Å². The molecule has 3 rings (SSSR count). The molecular formula is C38H59N5O5. The van der Waals surface area contributed by atoms with Crippen LogP contribution in [-0.2, 0) is 19.2 Å². The van der Waals surface area contributed by atoms with Gasteiger partial charge in [-0.25, -0.2) is 4.79 Å². The lowest BCUT2D eigenvalue weighted by atomic mass is 9.88. The van der Waals surface area contributed by atoms with Crippen molar-refractivity contribution in [3.63, 3.8) is 0 Å². The van der Waals surface area contributed by atoms with Gasteiger partial charge >= 0.3 is 6.03 Å². The zero-order chi connectivity index (χ0) is 35.1. The fourth-order valence-electron chi connectivity index (χ4n) is 7.91. The zero-order valence-corrected chi connectivity index (χ0v) is 29.5. The third-order valence-corrected chi connectivity index (χ3v) is 10.6. The Morgan fingerprint density at radius 3 is 2.15 bits per heavy atom. The molecule has 2 aliphatic carbocycles. The van der Waals surface area contributed by atoms with E-state index in [0.717, 1.165) is 77.0 Å². The summed E-state index contributed by atoms with van der Waals surface area (Å²) in [6, 6.07) is -1.51. The number of rotatable bonds is 18. The van der Waals surface area contributed by atoms with E-state index in [9.17, 15) is 24.0 Å². The molecule has 3 fully saturated rings. The van der Waals surface area contributed by atoms with Gasteiger partial charge in [-0.05, 0) is 68.6 Å². The van der Waals surface area contributed by atoms with E-state index >= 15 is 0 Å². The van der Waals surface area contributed by atoms with E-state index in [4.69, 9.17) is 12.8 Å². The van der Waals surface area contributed by atoms with Gasteiger partial charge < -0.3 is 26.2 Å². The molecule has 2 saturated carbocycles. The maximum Gasteiger partial charge on any atom is 0.315 e. The molecule has 10 nitrogen and oxygen atoms in total. The molecule has 1 heterocycles. The number of fused-ring (bicyclic) bond motifs is 1. The van der Waals surface area contributed by atoms with Crippen LogP contribution in [0.15, 0.2) is 0 Å². The highest BCUT2D eigenvalue weighted by Gasteiger charge is 2.52. The number of hydrogen-bond acceptors (Lipinski definition) is 5. The summed E-state index contributed by atoms with van der Waals surface area (Å²) in [5, 5.41) is 11.7. The quantitative estimate of drug-likeness (QED) is 0.0983. The van der Waals surface area contributed by atoms with Gasteiger partial charge in [-0.3, -0.25) is 19.2 Å². The molecule has 0 radical (unpaired) electrons. The normalized spacial score (nSPS) is 22.5. The molecule has 5 amide bonds. The molecule has 266 valence electrons. The smallest absolute Gasteiger partial charge is 0.315 e. The highest BCUT2D eigenvalue weighted by molar-refractivity contribution is 6.36. The minimum atomic E-state index is -0.790. The molecule has 1 saturated heterocycles. The van der Waals surface area contributed by atoms with Gasteiger partial charge in [0.15, 0.2) is 0 Å². The molecule has 6 atom stereocenters. The van der Waals surface area contributed by atoms with Crippen LogP contribution in [0.3, 0.4) is 0 Å². The molecule has 0 aromatic rings. The van der Waals surface area contributed by atoms with Gasteiger partial charge in [0.05, 0.1) is 12.5 Å². The number of terminal acetylenes is 2. The summed E-state index contributed by atoms with van der Waals surface area (Å²) < 4.78 is 0. The number of hydrogen-bond donors (Lipinski definition) is 4. The van der Waals surface area contributed by atoms with E-state index in [2.05, 4.69) is 53.9 Å². The fraction of sp³-hybridized carbons (Fsp3) is 0.763. The Kier molecular flexibility index (Phi) is 16.3. The minimum absolute atomic E-state index is 0.0388. The highest BCUT2D eigenvalue weighted by atomic mass is 16.2. The van der Waals surface area contributed by atoms with Crippen LogP contribution in [0.25, 0.3) is 0 Å². The first-order chi connectivity index (χ1) is 23.2. The van der Waals surface area contributed by atoms with E-state index in [0.29, 0.717) is 25.3 Å². The number of carbonyl (C=O) groups excluding carboxylic acids is 5. The Morgan fingerprint density at radius 2 is 1.54 bits per heavy atom. The number of nitrogens with one attached hydrogen (secondary N) is 4. The molecule has 1 aliphatic heterocycles. The van der Waals surface area contributed by atoms with Crippen molar-refractivity contribution in [2.24, 2.45) is 29.6 Å². The van der Waals surface area contributed by atoms with Crippen molar-refractivity contribution in [2.75, 3.05) is 19.6 Å². The van der Waals surface area contributed by atoms with Gasteiger partial charge in [-0.2, -0.15) is 0 Å². The first-order valence-electron chi connectivity index (χ1n) is 18.5. The van der Waals surface area contributed by atoms with Crippen molar-refractivity contribution in [3.8, 4) is 24.7 Å². The summed E-state index contributed by atoms with van der Waals surface area (Å²) in [6.07, 6.45) is 23.1. The van der Waals surface area contributed by atoms with E-state index in [1.54, 1.807) is 4.90 Å². The number of likely N-dealkylation sites (tertiary alicyclic amines) is 1. The highest BCUT2D eigenvalue weighted by Crippen LogP contribution is 2.48. The lowest BCUT2D eigenvalue weighted by Gasteiger charge is -2.37. The second kappa shape index (κ2) is 20.1.